The molecule has 0 N–H and O–H groups in total. The van der Waals surface area contributed by atoms with Gasteiger partial charge in [-0.2, -0.15) is 0 Å². The van der Waals surface area contributed by atoms with Gasteiger partial charge in [0.2, 0.25) is 0 Å². The van der Waals surface area contributed by atoms with E-state index >= 15 is 0 Å². The van der Waals surface area contributed by atoms with Gasteiger partial charge in [0.15, 0.2) is 0 Å². The average Bonchev–Trinajstić information content (AvgIpc) is 2.29. The molecule has 6 nitrogen and oxygen atoms in total. The summed E-state index contributed by atoms with van der Waals surface area (Å²) < 4.78 is 15.0. The number of esters is 3. The Morgan fingerprint density at radius 3 is 1.95 bits per heavy atom. The molecule has 0 amide bonds. The molecule has 0 fully saturated rings. The Labute approximate surface area is 119 Å². The van der Waals surface area contributed by atoms with Gasteiger partial charge in [0.1, 0.15) is 6.10 Å². The Balaban J connectivity index is 4.04. The lowest BCUT2D eigenvalue weighted by Gasteiger charge is -2.19. The van der Waals surface area contributed by atoms with Crippen molar-refractivity contribution in [1.29, 1.82) is 0 Å². The Morgan fingerprint density at radius 1 is 0.850 bits per heavy atom. The zero-order valence-corrected chi connectivity index (χ0v) is 12.6. The average molecular weight is 288 g/mol. The minimum atomic E-state index is -0.345. The van der Waals surface area contributed by atoms with E-state index in [1.807, 2.05) is 0 Å². The minimum Gasteiger partial charge on any atom is -0.466 e. The first-order valence-corrected chi connectivity index (χ1v) is 6.79. The second-order valence-corrected chi connectivity index (χ2v) is 4.71. The maximum Gasteiger partial charge on any atom is 0.302 e. The van der Waals surface area contributed by atoms with Gasteiger partial charge in [0, 0.05) is 20.8 Å². The Morgan fingerprint density at radius 2 is 1.45 bits per heavy atom. The lowest BCUT2D eigenvalue weighted by molar-refractivity contribution is -0.150. The van der Waals surface area contributed by atoms with Crippen molar-refractivity contribution < 1.29 is 28.6 Å². The maximum absolute atomic E-state index is 11.0. The van der Waals surface area contributed by atoms with Crippen LogP contribution in [0.25, 0.3) is 0 Å². The van der Waals surface area contributed by atoms with Crippen molar-refractivity contribution >= 4 is 17.9 Å². The Hall–Kier alpha value is -1.59. The number of carbonyl (C=O) groups is 3. The normalized spacial score (nSPS) is 13.2. The van der Waals surface area contributed by atoms with Crippen molar-refractivity contribution in [2.45, 2.75) is 65.6 Å². The molecule has 6 heteroatoms. The largest absolute Gasteiger partial charge is 0.466 e. The fourth-order valence-electron chi connectivity index (χ4n) is 1.79. The molecule has 0 heterocycles. The fourth-order valence-corrected chi connectivity index (χ4v) is 1.79. The van der Waals surface area contributed by atoms with E-state index in [0.717, 1.165) is 0 Å². The van der Waals surface area contributed by atoms with Crippen LogP contribution >= 0.6 is 0 Å². The van der Waals surface area contributed by atoms with Gasteiger partial charge < -0.3 is 14.2 Å². The molecular weight excluding hydrogens is 264 g/mol. The first kappa shape index (κ1) is 18.4. The number of rotatable bonds is 9. The lowest BCUT2D eigenvalue weighted by atomic mass is 10.1. The molecule has 0 aliphatic heterocycles. The van der Waals surface area contributed by atoms with Crippen LogP contribution in [0.2, 0.25) is 0 Å². The molecular formula is C14H24O6. The molecule has 20 heavy (non-hydrogen) atoms. The van der Waals surface area contributed by atoms with Gasteiger partial charge in [-0.25, -0.2) is 0 Å². The zero-order chi connectivity index (χ0) is 15.5. The third kappa shape index (κ3) is 11.5. The second kappa shape index (κ2) is 10.2. The van der Waals surface area contributed by atoms with Gasteiger partial charge in [-0.05, 0) is 32.6 Å². The predicted octanol–water partition coefficient (Wildman–Crippen LogP) is 1.99. The van der Waals surface area contributed by atoms with Crippen LogP contribution in [0, 0.1) is 0 Å². The molecule has 0 aliphatic rings. The third-order valence-corrected chi connectivity index (χ3v) is 2.57. The third-order valence-electron chi connectivity index (χ3n) is 2.57. The van der Waals surface area contributed by atoms with Crippen molar-refractivity contribution in [3.8, 4) is 0 Å². The first-order valence-electron chi connectivity index (χ1n) is 6.79. The molecule has 0 bridgehead atoms. The zero-order valence-electron chi connectivity index (χ0n) is 12.6. The summed E-state index contributed by atoms with van der Waals surface area (Å²) in [6.45, 7) is 6.18. The summed E-state index contributed by atoms with van der Waals surface area (Å²) in [5, 5.41) is 0. The molecule has 0 spiro atoms. The van der Waals surface area contributed by atoms with Crippen LogP contribution in [0.15, 0.2) is 0 Å². The van der Waals surface area contributed by atoms with Gasteiger partial charge >= 0.3 is 17.9 Å². The van der Waals surface area contributed by atoms with E-state index in [1.54, 1.807) is 6.92 Å². The Bertz CT molecular complexity index is 326. The molecule has 2 atom stereocenters. The highest BCUT2D eigenvalue weighted by atomic mass is 16.5. The molecule has 0 unspecified atom stereocenters. The summed E-state index contributed by atoms with van der Waals surface area (Å²) in [5.41, 5.74) is 0. The summed E-state index contributed by atoms with van der Waals surface area (Å²) in [5.74, 6) is -0.989. The molecule has 116 valence electrons. The van der Waals surface area contributed by atoms with Crippen LogP contribution in [0.4, 0.5) is 0 Å². The number of hydrogen-bond acceptors (Lipinski definition) is 6. The smallest absolute Gasteiger partial charge is 0.302 e. The van der Waals surface area contributed by atoms with Crippen LogP contribution in [-0.2, 0) is 28.6 Å². The van der Waals surface area contributed by atoms with E-state index in [4.69, 9.17) is 14.2 Å². The van der Waals surface area contributed by atoms with Gasteiger partial charge in [-0.15, -0.1) is 0 Å². The van der Waals surface area contributed by atoms with E-state index in [9.17, 15) is 14.4 Å². The summed E-state index contributed by atoms with van der Waals surface area (Å²) in [4.78, 5) is 32.4. The van der Waals surface area contributed by atoms with Gasteiger partial charge in [0.05, 0.1) is 12.7 Å². The molecule has 0 radical (unpaired) electrons. The number of carbonyl (C=O) groups excluding carboxylic acids is 3. The molecule has 0 aromatic rings. The van der Waals surface area contributed by atoms with E-state index in [-0.39, 0.29) is 30.1 Å². The maximum atomic E-state index is 11.0. The van der Waals surface area contributed by atoms with E-state index in [1.165, 1.54) is 20.8 Å². The van der Waals surface area contributed by atoms with E-state index in [2.05, 4.69) is 0 Å². The molecule has 0 aliphatic carbocycles. The summed E-state index contributed by atoms with van der Waals surface area (Å²) in [7, 11) is 0. The van der Waals surface area contributed by atoms with Gasteiger partial charge in [-0.1, -0.05) is 0 Å². The second-order valence-electron chi connectivity index (χ2n) is 4.71. The SMILES string of the molecule is CC(=O)OCCC[C@@H](CC[C@@H](C)OC(C)=O)OC(C)=O. The number of ether oxygens (including phenoxy) is 3. The van der Waals surface area contributed by atoms with Crippen LogP contribution in [0.3, 0.4) is 0 Å². The quantitative estimate of drug-likeness (QED) is 0.367. The van der Waals surface area contributed by atoms with Crippen molar-refractivity contribution in [1.82, 2.24) is 0 Å². The molecule has 0 saturated heterocycles. The van der Waals surface area contributed by atoms with Crippen molar-refractivity contribution in [3.63, 3.8) is 0 Å². The minimum absolute atomic E-state index is 0.209. The first-order chi connectivity index (χ1) is 9.31. The lowest BCUT2D eigenvalue weighted by Crippen LogP contribution is -2.21. The molecule has 0 rings (SSSR count). The van der Waals surface area contributed by atoms with E-state index in [0.29, 0.717) is 32.3 Å². The Kier molecular flexibility index (Phi) is 9.41. The van der Waals surface area contributed by atoms with E-state index < -0.39 is 0 Å². The highest BCUT2D eigenvalue weighted by Crippen LogP contribution is 2.13. The van der Waals surface area contributed by atoms with Crippen LogP contribution < -0.4 is 0 Å². The van der Waals surface area contributed by atoms with Gasteiger partial charge in [-0.3, -0.25) is 14.4 Å². The predicted molar refractivity (Wildman–Crippen MR) is 71.9 cm³/mol. The molecule has 0 aromatic heterocycles. The summed E-state index contributed by atoms with van der Waals surface area (Å²) in [6.07, 6.45) is 2.00. The van der Waals surface area contributed by atoms with Crippen molar-refractivity contribution in [3.05, 3.63) is 0 Å². The van der Waals surface area contributed by atoms with Crippen LogP contribution in [0.1, 0.15) is 53.4 Å². The monoisotopic (exact) mass is 288 g/mol. The topological polar surface area (TPSA) is 78.9 Å². The molecule has 0 aromatic carbocycles. The van der Waals surface area contributed by atoms with Gasteiger partial charge in [0.25, 0.3) is 0 Å². The highest BCUT2D eigenvalue weighted by molar-refractivity contribution is 5.66. The standard InChI is InChI=1S/C14H24O6/c1-10(19-12(3)16)7-8-14(20-13(4)17)6-5-9-18-11(2)15/h10,14H,5-9H2,1-4H3/t10-,14+/m1/s1. The van der Waals surface area contributed by atoms with Crippen LogP contribution in [-0.4, -0.2) is 36.7 Å². The number of hydrogen-bond donors (Lipinski definition) is 0. The van der Waals surface area contributed by atoms with Crippen molar-refractivity contribution in [2.24, 2.45) is 0 Å². The molecule has 0 saturated carbocycles. The highest BCUT2D eigenvalue weighted by Gasteiger charge is 2.15. The van der Waals surface area contributed by atoms with Crippen molar-refractivity contribution in [2.75, 3.05) is 6.61 Å². The summed E-state index contributed by atoms with van der Waals surface area (Å²) in [6, 6.07) is 0. The fraction of sp³-hybridized carbons (Fsp3) is 0.786. The summed E-state index contributed by atoms with van der Waals surface area (Å²) >= 11 is 0. The van der Waals surface area contributed by atoms with Crippen LogP contribution in [0.5, 0.6) is 0 Å².